The van der Waals surface area contributed by atoms with E-state index in [1.54, 1.807) is 0 Å². The quantitative estimate of drug-likeness (QED) is 0.604. The van der Waals surface area contributed by atoms with Crippen molar-refractivity contribution in [3.63, 3.8) is 0 Å². The third-order valence-electron chi connectivity index (χ3n) is 3.15. The number of nitrogens with zero attached hydrogens (tertiary/aromatic N) is 1. The zero-order valence-corrected chi connectivity index (χ0v) is 11.2. The SMILES string of the molecule is [C-]#[N+]c1c(C)c(C(C)C)cc(C)c1C(C)C. The second-order valence-corrected chi connectivity index (χ2v) is 5.09. The Bertz CT molecular complexity index is 434. The fourth-order valence-electron chi connectivity index (χ4n) is 2.42. The first-order valence-electron chi connectivity index (χ1n) is 5.91. The molecule has 1 nitrogen and oxygen atoms in total. The van der Waals surface area contributed by atoms with Crippen LogP contribution in [0.25, 0.3) is 4.85 Å². The van der Waals surface area contributed by atoms with Crippen LogP contribution in [0.15, 0.2) is 6.07 Å². The van der Waals surface area contributed by atoms with Crippen LogP contribution >= 0.6 is 0 Å². The Morgan fingerprint density at radius 1 is 1.06 bits per heavy atom. The molecular weight excluding hydrogens is 194 g/mol. The van der Waals surface area contributed by atoms with Crippen LogP contribution in [0.4, 0.5) is 5.69 Å². The van der Waals surface area contributed by atoms with E-state index in [9.17, 15) is 0 Å². The number of hydrogen-bond donors (Lipinski definition) is 0. The maximum atomic E-state index is 7.38. The molecule has 0 aliphatic heterocycles. The molecule has 0 spiro atoms. The third-order valence-corrected chi connectivity index (χ3v) is 3.15. The summed E-state index contributed by atoms with van der Waals surface area (Å²) in [6.45, 7) is 20.3. The number of benzene rings is 1. The van der Waals surface area contributed by atoms with Gasteiger partial charge in [-0.3, -0.25) is 0 Å². The number of hydrogen-bond acceptors (Lipinski definition) is 0. The van der Waals surface area contributed by atoms with Crippen LogP contribution in [0.5, 0.6) is 0 Å². The van der Waals surface area contributed by atoms with Crippen molar-refractivity contribution in [3.05, 3.63) is 39.7 Å². The molecule has 16 heavy (non-hydrogen) atoms. The van der Waals surface area contributed by atoms with Gasteiger partial charge in [0.05, 0.1) is 6.57 Å². The van der Waals surface area contributed by atoms with Crippen molar-refractivity contribution in [1.82, 2.24) is 0 Å². The second kappa shape index (κ2) is 4.70. The molecule has 0 saturated carbocycles. The van der Waals surface area contributed by atoms with E-state index >= 15 is 0 Å². The molecule has 0 saturated heterocycles. The molecule has 0 aromatic heterocycles. The first kappa shape index (κ1) is 12.8. The van der Waals surface area contributed by atoms with Crippen LogP contribution in [-0.4, -0.2) is 0 Å². The molecule has 0 radical (unpaired) electrons. The number of rotatable bonds is 2. The molecule has 1 heteroatoms. The summed E-state index contributed by atoms with van der Waals surface area (Å²) in [7, 11) is 0. The van der Waals surface area contributed by atoms with Crippen molar-refractivity contribution in [3.8, 4) is 0 Å². The Morgan fingerprint density at radius 2 is 1.62 bits per heavy atom. The summed E-state index contributed by atoms with van der Waals surface area (Å²) in [5, 5.41) is 0. The highest BCUT2D eigenvalue weighted by Crippen LogP contribution is 2.37. The van der Waals surface area contributed by atoms with Gasteiger partial charge in [0.25, 0.3) is 0 Å². The maximum Gasteiger partial charge on any atom is 0.194 e. The van der Waals surface area contributed by atoms with Crippen LogP contribution in [0, 0.1) is 20.4 Å². The molecule has 0 atom stereocenters. The van der Waals surface area contributed by atoms with Gasteiger partial charge in [-0.15, -0.1) is 0 Å². The highest BCUT2D eigenvalue weighted by molar-refractivity contribution is 5.65. The minimum Gasteiger partial charge on any atom is -0.238 e. The summed E-state index contributed by atoms with van der Waals surface area (Å²) in [5.74, 6) is 0.907. The third kappa shape index (κ3) is 2.11. The summed E-state index contributed by atoms with van der Waals surface area (Å²) in [6.07, 6.45) is 0. The molecule has 0 amide bonds. The molecule has 1 aromatic carbocycles. The smallest absolute Gasteiger partial charge is 0.194 e. The predicted molar refractivity (Wildman–Crippen MR) is 70.4 cm³/mol. The van der Waals surface area contributed by atoms with E-state index in [2.05, 4.69) is 52.5 Å². The lowest BCUT2D eigenvalue weighted by atomic mass is 9.87. The van der Waals surface area contributed by atoms with E-state index in [0.29, 0.717) is 11.8 Å². The van der Waals surface area contributed by atoms with E-state index in [4.69, 9.17) is 6.57 Å². The van der Waals surface area contributed by atoms with Gasteiger partial charge in [-0.1, -0.05) is 44.9 Å². The largest absolute Gasteiger partial charge is 0.238 e. The Balaban J connectivity index is 3.59. The molecule has 0 heterocycles. The average Bonchev–Trinajstić information content (AvgIpc) is 2.19. The van der Waals surface area contributed by atoms with Gasteiger partial charge in [-0.05, 0) is 36.8 Å². The molecule has 1 aromatic rings. The van der Waals surface area contributed by atoms with Gasteiger partial charge >= 0.3 is 0 Å². The molecule has 0 bridgehead atoms. The second-order valence-electron chi connectivity index (χ2n) is 5.09. The Kier molecular flexibility index (Phi) is 3.75. The predicted octanol–water partition coefficient (Wildman–Crippen LogP) is 5.10. The first-order valence-corrected chi connectivity index (χ1v) is 5.91. The van der Waals surface area contributed by atoms with Crippen LogP contribution in [0.3, 0.4) is 0 Å². The van der Waals surface area contributed by atoms with Crippen LogP contribution in [-0.2, 0) is 0 Å². The van der Waals surface area contributed by atoms with E-state index in [1.807, 2.05) is 0 Å². The Morgan fingerprint density at radius 3 is 2.00 bits per heavy atom. The molecule has 0 N–H and O–H groups in total. The Hall–Kier alpha value is -1.29. The van der Waals surface area contributed by atoms with Crippen molar-refractivity contribution in [2.24, 2.45) is 0 Å². The monoisotopic (exact) mass is 215 g/mol. The summed E-state index contributed by atoms with van der Waals surface area (Å²) < 4.78 is 0. The molecule has 0 aliphatic carbocycles. The zero-order chi connectivity index (χ0) is 12.5. The lowest BCUT2D eigenvalue weighted by molar-refractivity contribution is 0.832. The highest BCUT2D eigenvalue weighted by atomic mass is 14.7. The van der Waals surface area contributed by atoms with Gasteiger partial charge in [-0.25, -0.2) is 4.85 Å². The van der Waals surface area contributed by atoms with E-state index in [-0.39, 0.29) is 0 Å². The maximum absolute atomic E-state index is 7.38. The van der Waals surface area contributed by atoms with Crippen molar-refractivity contribution in [1.29, 1.82) is 0 Å². The lowest BCUT2D eigenvalue weighted by Gasteiger charge is -2.19. The van der Waals surface area contributed by atoms with Gasteiger partial charge < -0.3 is 0 Å². The van der Waals surface area contributed by atoms with Crippen molar-refractivity contribution in [2.45, 2.75) is 53.4 Å². The highest BCUT2D eigenvalue weighted by Gasteiger charge is 2.16. The fraction of sp³-hybridized carbons (Fsp3) is 0.533. The van der Waals surface area contributed by atoms with Crippen LogP contribution < -0.4 is 0 Å². The fourth-order valence-corrected chi connectivity index (χ4v) is 2.42. The van der Waals surface area contributed by atoms with Gasteiger partial charge in [0, 0.05) is 0 Å². The summed E-state index contributed by atoms with van der Waals surface area (Å²) in [4.78, 5) is 3.75. The van der Waals surface area contributed by atoms with Crippen molar-refractivity contribution >= 4 is 5.69 Å². The molecule has 0 unspecified atom stereocenters. The molecule has 0 aliphatic rings. The first-order chi connectivity index (χ1) is 7.40. The average molecular weight is 215 g/mol. The summed E-state index contributed by atoms with van der Waals surface area (Å²) in [5.41, 5.74) is 5.83. The van der Waals surface area contributed by atoms with Gasteiger partial charge in [0.15, 0.2) is 5.69 Å². The minimum absolute atomic E-state index is 0.420. The normalized spacial score (nSPS) is 10.9. The van der Waals surface area contributed by atoms with Gasteiger partial charge in [0.2, 0.25) is 0 Å². The number of aryl methyl sites for hydroxylation is 1. The lowest BCUT2D eigenvalue weighted by Crippen LogP contribution is -2.00. The van der Waals surface area contributed by atoms with Crippen LogP contribution in [0.2, 0.25) is 0 Å². The topological polar surface area (TPSA) is 4.36 Å². The zero-order valence-electron chi connectivity index (χ0n) is 11.2. The van der Waals surface area contributed by atoms with Gasteiger partial charge in [0.1, 0.15) is 0 Å². The molecular formula is C15H21N. The van der Waals surface area contributed by atoms with Gasteiger partial charge in [-0.2, -0.15) is 0 Å². The molecule has 1 rings (SSSR count). The van der Waals surface area contributed by atoms with E-state index in [1.165, 1.54) is 22.3 Å². The molecule has 86 valence electrons. The van der Waals surface area contributed by atoms with E-state index < -0.39 is 0 Å². The van der Waals surface area contributed by atoms with Crippen LogP contribution in [0.1, 0.15) is 61.8 Å². The summed E-state index contributed by atoms with van der Waals surface area (Å²) >= 11 is 0. The standard InChI is InChI=1S/C15H21N/c1-9(2)13-8-11(5)14(10(3)4)15(16-7)12(13)6/h8-10H,1-6H3. The van der Waals surface area contributed by atoms with E-state index in [0.717, 1.165) is 5.69 Å². The van der Waals surface area contributed by atoms with Crippen molar-refractivity contribution < 1.29 is 0 Å². The Labute approximate surface area is 99.3 Å². The minimum atomic E-state index is 0.420. The summed E-state index contributed by atoms with van der Waals surface area (Å²) in [6, 6.07) is 2.25. The molecule has 0 fully saturated rings. The van der Waals surface area contributed by atoms with Crippen molar-refractivity contribution in [2.75, 3.05) is 0 Å².